The van der Waals surface area contributed by atoms with Crippen LogP contribution in [-0.2, 0) is 17.2 Å². The second-order valence-electron chi connectivity index (χ2n) is 7.26. The van der Waals surface area contributed by atoms with Crippen LogP contribution in [0.1, 0.15) is 21.5 Å². The highest BCUT2D eigenvalue weighted by atomic mass is 31.1. The number of anilines is 4. The predicted octanol–water partition coefficient (Wildman–Crippen LogP) is 4.36. The molecule has 0 saturated heterocycles. The van der Waals surface area contributed by atoms with Gasteiger partial charge in [-0.3, -0.25) is 9.36 Å². The van der Waals surface area contributed by atoms with Crippen molar-refractivity contribution in [2.24, 2.45) is 0 Å². The maximum absolute atomic E-state index is 13.6. The Morgan fingerprint density at radius 1 is 1.14 bits per heavy atom. The molecule has 0 spiro atoms. The molecule has 1 amide bonds. The number of aryl methyl sites for hydroxylation is 1. The van der Waals surface area contributed by atoms with Gasteiger partial charge in [-0.05, 0) is 36.2 Å². The van der Waals surface area contributed by atoms with Crippen LogP contribution in [0.3, 0.4) is 0 Å². The lowest BCUT2D eigenvalue weighted by Gasteiger charge is -2.17. The van der Waals surface area contributed by atoms with Crippen LogP contribution < -0.4 is 20.7 Å². The number of hydrogen-bond donors (Lipinski definition) is 4. The third-order valence-corrected chi connectivity index (χ3v) is 5.56. The number of ether oxygens (including phenoxy) is 1. The average molecular weight is 509 g/mol. The molecule has 0 aliphatic rings. The van der Waals surface area contributed by atoms with Crippen molar-refractivity contribution < 1.29 is 32.2 Å². The van der Waals surface area contributed by atoms with Crippen LogP contribution >= 0.6 is 8.03 Å². The Bertz CT molecular complexity index is 1240. The van der Waals surface area contributed by atoms with Gasteiger partial charge in [0.15, 0.2) is 8.03 Å². The van der Waals surface area contributed by atoms with E-state index in [0.717, 1.165) is 5.56 Å². The topological polar surface area (TPSA) is 125 Å². The summed E-state index contributed by atoms with van der Waals surface area (Å²) in [5.41, 5.74) is 0.285. The molecule has 0 aliphatic heterocycles. The Labute approximate surface area is 199 Å². The number of hydrogen-bond acceptors (Lipinski definition) is 7. The number of rotatable bonds is 9. The number of carbonyl (C=O) groups is 1. The van der Waals surface area contributed by atoms with Gasteiger partial charge >= 0.3 is 6.18 Å². The van der Waals surface area contributed by atoms with E-state index in [0.29, 0.717) is 24.1 Å². The van der Waals surface area contributed by atoms with Gasteiger partial charge < -0.3 is 25.6 Å². The summed E-state index contributed by atoms with van der Waals surface area (Å²) in [6, 6.07) is 11.0. The third kappa shape index (κ3) is 6.71. The van der Waals surface area contributed by atoms with Gasteiger partial charge in [-0.2, -0.15) is 18.2 Å². The van der Waals surface area contributed by atoms with Gasteiger partial charge in [0, 0.05) is 19.4 Å². The highest BCUT2D eigenvalue weighted by Crippen LogP contribution is 2.36. The SMILES string of the molecule is CNC(=O)c1ccccc1Nc1nc(Nc2ccc(CC[PH](=O)O)cc2OC)ncc1C(F)(F)F. The van der Waals surface area contributed by atoms with E-state index < -0.39 is 31.5 Å². The second kappa shape index (κ2) is 11.2. The Balaban J connectivity index is 1.96. The van der Waals surface area contributed by atoms with Crippen LogP contribution in [0, 0.1) is 0 Å². The van der Waals surface area contributed by atoms with Gasteiger partial charge in [0.1, 0.15) is 17.1 Å². The standard InChI is InChI=1S/C22H23F3N5O4P/c1-26-20(31)14-5-3-4-6-16(14)28-19-15(22(23,24)25)12-27-21(30-19)29-17-8-7-13(9-10-35(32)33)11-18(17)34-2/h3-8,11-12,35H,9-10H2,1-2H3,(H,26,31)(H,32,33)(H2,27,28,29,30). The van der Waals surface area contributed by atoms with Crippen molar-refractivity contribution in [3.05, 3.63) is 65.4 Å². The fourth-order valence-electron chi connectivity index (χ4n) is 3.16. The van der Waals surface area contributed by atoms with E-state index in [-0.39, 0.29) is 23.4 Å². The summed E-state index contributed by atoms with van der Waals surface area (Å²) in [7, 11) is 0.209. The van der Waals surface area contributed by atoms with E-state index >= 15 is 0 Å². The zero-order chi connectivity index (χ0) is 25.6. The molecule has 3 aromatic rings. The first-order valence-corrected chi connectivity index (χ1v) is 11.9. The summed E-state index contributed by atoms with van der Waals surface area (Å²) in [6.07, 6.45) is -3.63. The molecule has 1 aromatic heterocycles. The minimum Gasteiger partial charge on any atom is -0.495 e. The van der Waals surface area contributed by atoms with Crippen molar-refractivity contribution >= 4 is 37.1 Å². The van der Waals surface area contributed by atoms with Crippen LogP contribution in [0.4, 0.5) is 36.3 Å². The van der Waals surface area contributed by atoms with Crippen molar-refractivity contribution in [3.8, 4) is 5.75 Å². The molecule has 4 N–H and O–H groups in total. The number of aromatic nitrogens is 2. The van der Waals surface area contributed by atoms with Crippen LogP contribution in [0.5, 0.6) is 5.75 Å². The smallest absolute Gasteiger partial charge is 0.421 e. The number of benzene rings is 2. The summed E-state index contributed by atoms with van der Waals surface area (Å²) in [5.74, 6) is -0.826. The lowest BCUT2D eigenvalue weighted by Crippen LogP contribution is -2.20. The largest absolute Gasteiger partial charge is 0.495 e. The van der Waals surface area contributed by atoms with Crippen molar-refractivity contribution in [1.29, 1.82) is 0 Å². The molecule has 0 fully saturated rings. The maximum atomic E-state index is 13.6. The predicted molar refractivity (Wildman–Crippen MR) is 126 cm³/mol. The van der Waals surface area contributed by atoms with Crippen molar-refractivity contribution in [2.75, 3.05) is 31.0 Å². The molecule has 13 heteroatoms. The van der Waals surface area contributed by atoms with E-state index in [1.807, 2.05) is 0 Å². The Kier molecular flexibility index (Phi) is 8.31. The molecule has 35 heavy (non-hydrogen) atoms. The first-order chi connectivity index (χ1) is 16.6. The van der Waals surface area contributed by atoms with E-state index in [1.54, 1.807) is 30.3 Å². The summed E-state index contributed by atoms with van der Waals surface area (Å²) >= 11 is 0. The minimum absolute atomic E-state index is 0.120. The molecule has 1 heterocycles. The molecule has 3 rings (SSSR count). The Morgan fingerprint density at radius 2 is 1.89 bits per heavy atom. The van der Waals surface area contributed by atoms with E-state index in [1.165, 1.54) is 26.3 Å². The molecule has 0 aliphatic carbocycles. The quantitative estimate of drug-likeness (QED) is 0.314. The zero-order valence-electron chi connectivity index (χ0n) is 18.7. The summed E-state index contributed by atoms with van der Waals surface area (Å²) < 4.78 is 57.3. The molecule has 0 bridgehead atoms. The molecule has 0 saturated carbocycles. The van der Waals surface area contributed by atoms with Crippen molar-refractivity contribution in [1.82, 2.24) is 15.3 Å². The molecule has 2 aromatic carbocycles. The lowest BCUT2D eigenvalue weighted by atomic mass is 10.1. The summed E-state index contributed by atoms with van der Waals surface area (Å²) in [6.45, 7) is 0. The van der Waals surface area contributed by atoms with Crippen molar-refractivity contribution in [3.63, 3.8) is 0 Å². The molecule has 1 atom stereocenters. The highest BCUT2D eigenvalue weighted by molar-refractivity contribution is 7.37. The Morgan fingerprint density at radius 3 is 2.54 bits per heavy atom. The van der Waals surface area contributed by atoms with Gasteiger partial charge in [0.2, 0.25) is 5.95 Å². The zero-order valence-corrected chi connectivity index (χ0v) is 19.7. The lowest BCUT2D eigenvalue weighted by molar-refractivity contribution is -0.137. The normalized spacial score (nSPS) is 12.1. The Hall–Kier alpha value is -3.63. The second-order valence-corrected chi connectivity index (χ2v) is 8.54. The van der Waals surface area contributed by atoms with E-state index in [9.17, 15) is 22.5 Å². The van der Waals surface area contributed by atoms with Gasteiger partial charge in [0.25, 0.3) is 5.91 Å². The van der Waals surface area contributed by atoms with Crippen LogP contribution in [0.2, 0.25) is 0 Å². The molecule has 0 radical (unpaired) electrons. The number of methoxy groups -OCH3 is 1. The fourth-order valence-corrected chi connectivity index (χ4v) is 3.67. The number of alkyl halides is 3. The van der Waals surface area contributed by atoms with E-state index in [2.05, 4.69) is 25.9 Å². The summed E-state index contributed by atoms with van der Waals surface area (Å²) in [5, 5.41) is 7.87. The molecule has 186 valence electrons. The number of nitrogens with zero attached hydrogens (tertiary/aromatic N) is 2. The number of carbonyl (C=O) groups excluding carboxylic acids is 1. The average Bonchev–Trinajstić information content (AvgIpc) is 2.82. The molecular formula is C22H23F3N5O4P. The summed E-state index contributed by atoms with van der Waals surface area (Å²) in [4.78, 5) is 29.0. The minimum atomic E-state index is -4.75. The maximum Gasteiger partial charge on any atom is 0.421 e. The van der Waals surface area contributed by atoms with E-state index in [4.69, 9.17) is 9.63 Å². The number of amides is 1. The first kappa shape index (κ1) is 26.0. The number of para-hydroxylation sites is 1. The molecule has 9 nitrogen and oxygen atoms in total. The van der Waals surface area contributed by atoms with Gasteiger partial charge in [-0.25, -0.2) is 4.98 Å². The number of halogens is 3. The van der Waals surface area contributed by atoms with Crippen molar-refractivity contribution in [2.45, 2.75) is 12.6 Å². The molecular weight excluding hydrogens is 486 g/mol. The molecule has 1 unspecified atom stereocenters. The van der Waals surface area contributed by atoms with Gasteiger partial charge in [0.05, 0.1) is 24.0 Å². The third-order valence-electron chi connectivity index (χ3n) is 4.89. The fraction of sp³-hybridized carbons (Fsp3) is 0.227. The highest BCUT2D eigenvalue weighted by Gasteiger charge is 2.35. The monoisotopic (exact) mass is 509 g/mol. The first-order valence-electron chi connectivity index (χ1n) is 10.3. The van der Waals surface area contributed by atoms with Crippen LogP contribution in [0.25, 0.3) is 0 Å². The van der Waals surface area contributed by atoms with Crippen LogP contribution in [-0.4, -0.2) is 41.1 Å². The van der Waals surface area contributed by atoms with Gasteiger partial charge in [-0.15, -0.1) is 0 Å². The van der Waals surface area contributed by atoms with Gasteiger partial charge in [-0.1, -0.05) is 18.2 Å². The van der Waals surface area contributed by atoms with Crippen LogP contribution in [0.15, 0.2) is 48.7 Å². The number of nitrogens with one attached hydrogen (secondary N) is 3.